The molecule has 0 aliphatic rings. The first-order valence-electron chi connectivity index (χ1n) is 8.91. The fourth-order valence-corrected chi connectivity index (χ4v) is 3.68. The molecular weight excluding hydrogens is 316 g/mol. The van der Waals surface area contributed by atoms with E-state index in [2.05, 4.69) is 86.5 Å². The molecule has 0 spiro atoms. The Kier molecular flexibility index (Phi) is 4.18. The monoisotopic (exact) mass is 338 g/mol. The highest BCUT2D eigenvalue weighted by atomic mass is 15.3. The number of rotatable bonds is 3. The van der Waals surface area contributed by atoms with E-state index in [4.69, 9.17) is 0 Å². The second-order valence-electron chi connectivity index (χ2n) is 6.80. The van der Waals surface area contributed by atoms with Gasteiger partial charge in [0.05, 0.1) is 5.69 Å². The molecule has 0 unspecified atom stereocenters. The van der Waals surface area contributed by atoms with E-state index in [9.17, 15) is 0 Å². The van der Waals surface area contributed by atoms with E-state index in [1.54, 1.807) is 6.20 Å². The van der Waals surface area contributed by atoms with Gasteiger partial charge in [0.2, 0.25) is 0 Å². The van der Waals surface area contributed by atoms with Crippen LogP contribution < -0.4 is 0 Å². The molecule has 0 saturated heterocycles. The minimum atomic E-state index is 1.09. The Bertz CT molecular complexity index is 1020. The van der Waals surface area contributed by atoms with E-state index < -0.39 is 0 Å². The summed E-state index contributed by atoms with van der Waals surface area (Å²) in [7, 11) is 0. The van der Waals surface area contributed by atoms with Crippen molar-refractivity contribution in [3.8, 4) is 27.9 Å². The fraction of sp³-hybridized carbons (Fsp3) is 0.125. The maximum Gasteiger partial charge on any atom is 0.0648 e. The van der Waals surface area contributed by atoms with Crippen LogP contribution in [0.15, 0.2) is 79.1 Å². The van der Waals surface area contributed by atoms with Crippen molar-refractivity contribution in [2.45, 2.75) is 20.8 Å². The summed E-state index contributed by atoms with van der Waals surface area (Å²) in [5.74, 6) is 0. The molecule has 3 aromatic carbocycles. The molecule has 0 atom stereocenters. The van der Waals surface area contributed by atoms with Crippen molar-refractivity contribution in [2.24, 2.45) is 0 Å². The van der Waals surface area contributed by atoms with Crippen molar-refractivity contribution in [1.82, 2.24) is 9.78 Å². The van der Waals surface area contributed by atoms with Crippen molar-refractivity contribution in [2.75, 3.05) is 0 Å². The molecule has 0 fully saturated rings. The number of hydrogen-bond acceptors (Lipinski definition) is 1. The predicted molar refractivity (Wildman–Crippen MR) is 109 cm³/mol. The zero-order chi connectivity index (χ0) is 18.1. The molecule has 0 aliphatic heterocycles. The Morgan fingerprint density at radius 2 is 1.42 bits per heavy atom. The first kappa shape index (κ1) is 16.3. The van der Waals surface area contributed by atoms with E-state index in [0.717, 1.165) is 5.69 Å². The van der Waals surface area contributed by atoms with Gasteiger partial charge in [-0.25, -0.2) is 4.68 Å². The fourth-order valence-electron chi connectivity index (χ4n) is 3.68. The van der Waals surface area contributed by atoms with Crippen LogP contribution >= 0.6 is 0 Å². The summed E-state index contributed by atoms with van der Waals surface area (Å²) in [5, 5.41) is 4.33. The van der Waals surface area contributed by atoms with Crippen LogP contribution in [0.4, 0.5) is 0 Å². The van der Waals surface area contributed by atoms with Crippen LogP contribution in [-0.2, 0) is 0 Å². The van der Waals surface area contributed by atoms with Crippen molar-refractivity contribution in [3.05, 3.63) is 95.8 Å². The topological polar surface area (TPSA) is 17.8 Å². The Hall–Kier alpha value is -3.13. The van der Waals surface area contributed by atoms with Gasteiger partial charge in [0.1, 0.15) is 0 Å². The molecule has 0 bridgehead atoms. The van der Waals surface area contributed by atoms with Gasteiger partial charge in [-0.2, -0.15) is 5.10 Å². The van der Waals surface area contributed by atoms with Crippen LogP contribution in [0.5, 0.6) is 0 Å². The maximum atomic E-state index is 4.33. The number of aromatic nitrogens is 2. The molecule has 0 N–H and O–H groups in total. The summed E-state index contributed by atoms with van der Waals surface area (Å²) >= 11 is 0. The third kappa shape index (κ3) is 2.95. The Morgan fingerprint density at radius 1 is 0.692 bits per heavy atom. The zero-order valence-corrected chi connectivity index (χ0v) is 15.4. The average molecular weight is 338 g/mol. The quantitative estimate of drug-likeness (QED) is 0.439. The van der Waals surface area contributed by atoms with Crippen LogP contribution in [0.1, 0.15) is 16.7 Å². The Balaban J connectivity index is 1.79. The van der Waals surface area contributed by atoms with Gasteiger partial charge in [-0.15, -0.1) is 0 Å². The Labute approximate surface area is 154 Å². The lowest BCUT2D eigenvalue weighted by atomic mass is 9.89. The van der Waals surface area contributed by atoms with Gasteiger partial charge in [-0.1, -0.05) is 48.5 Å². The normalized spacial score (nSPS) is 10.9. The lowest BCUT2D eigenvalue weighted by Crippen LogP contribution is -1.97. The second-order valence-corrected chi connectivity index (χ2v) is 6.80. The molecule has 2 heteroatoms. The van der Waals surface area contributed by atoms with Crippen molar-refractivity contribution < 1.29 is 0 Å². The van der Waals surface area contributed by atoms with Crippen LogP contribution in [-0.4, -0.2) is 9.78 Å². The minimum Gasteiger partial charge on any atom is -0.241 e. The van der Waals surface area contributed by atoms with E-state index >= 15 is 0 Å². The number of aryl methyl sites for hydroxylation is 3. The van der Waals surface area contributed by atoms with Gasteiger partial charge in [-0.05, 0) is 77.9 Å². The highest BCUT2D eigenvalue weighted by molar-refractivity contribution is 5.78. The van der Waals surface area contributed by atoms with Crippen LogP contribution in [0.3, 0.4) is 0 Å². The van der Waals surface area contributed by atoms with E-state index in [-0.39, 0.29) is 0 Å². The third-order valence-electron chi connectivity index (χ3n) is 4.89. The zero-order valence-electron chi connectivity index (χ0n) is 15.4. The van der Waals surface area contributed by atoms with Crippen molar-refractivity contribution in [3.63, 3.8) is 0 Å². The van der Waals surface area contributed by atoms with Crippen LogP contribution in [0.2, 0.25) is 0 Å². The maximum absolute atomic E-state index is 4.33. The molecule has 4 rings (SSSR count). The van der Waals surface area contributed by atoms with Crippen molar-refractivity contribution >= 4 is 0 Å². The highest BCUT2D eigenvalue weighted by Gasteiger charge is 2.12. The molecule has 128 valence electrons. The molecule has 4 aromatic rings. The predicted octanol–water partition coefficient (Wildman–Crippen LogP) is 6.13. The van der Waals surface area contributed by atoms with E-state index in [0.29, 0.717) is 0 Å². The Morgan fingerprint density at radius 3 is 2.04 bits per heavy atom. The molecular formula is C24H22N2. The van der Waals surface area contributed by atoms with E-state index in [1.165, 1.54) is 38.9 Å². The van der Waals surface area contributed by atoms with Gasteiger partial charge in [0.15, 0.2) is 0 Å². The first-order chi connectivity index (χ1) is 12.6. The number of nitrogens with zero attached hydrogens (tertiary/aromatic N) is 2. The van der Waals surface area contributed by atoms with Gasteiger partial charge in [0.25, 0.3) is 0 Å². The van der Waals surface area contributed by atoms with Gasteiger partial charge < -0.3 is 0 Å². The summed E-state index contributed by atoms with van der Waals surface area (Å²) in [6.45, 7) is 6.58. The van der Waals surface area contributed by atoms with Crippen molar-refractivity contribution in [1.29, 1.82) is 0 Å². The lowest BCUT2D eigenvalue weighted by Gasteiger charge is -2.16. The number of benzene rings is 3. The van der Waals surface area contributed by atoms with Gasteiger partial charge in [-0.3, -0.25) is 0 Å². The van der Waals surface area contributed by atoms with E-state index in [1.807, 2.05) is 16.9 Å². The first-order valence-corrected chi connectivity index (χ1v) is 8.91. The molecule has 26 heavy (non-hydrogen) atoms. The number of hydrogen-bond donors (Lipinski definition) is 0. The average Bonchev–Trinajstić information content (AvgIpc) is 3.18. The van der Waals surface area contributed by atoms with Gasteiger partial charge in [0, 0.05) is 12.4 Å². The largest absolute Gasteiger partial charge is 0.241 e. The molecule has 0 amide bonds. The second kappa shape index (κ2) is 6.64. The molecule has 0 radical (unpaired) electrons. The summed E-state index contributed by atoms with van der Waals surface area (Å²) in [5.41, 5.74) is 10.1. The smallest absolute Gasteiger partial charge is 0.0648 e. The van der Waals surface area contributed by atoms with Crippen LogP contribution in [0.25, 0.3) is 27.9 Å². The molecule has 1 aromatic heterocycles. The molecule has 0 aliphatic carbocycles. The minimum absolute atomic E-state index is 1.09. The highest BCUT2D eigenvalue weighted by Crippen LogP contribution is 2.34. The molecule has 2 nitrogen and oxygen atoms in total. The molecule has 1 heterocycles. The summed E-state index contributed by atoms with van der Waals surface area (Å²) in [6, 6.07) is 23.6. The SMILES string of the molecule is Cc1cc(-n2cccn2)ccc1-c1c(C)cc(-c2ccccc2)cc1C. The van der Waals surface area contributed by atoms with Gasteiger partial charge >= 0.3 is 0 Å². The summed E-state index contributed by atoms with van der Waals surface area (Å²) < 4.78 is 1.90. The lowest BCUT2D eigenvalue weighted by molar-refractivity contribution is 0.879. The molecule has 0 saturated carbocycles. The summed E-state index contributed by atoms with van der Waals surface area (Å²) in [6.07, 6.45) is 3.78. The van der Waals surface area contributed by atoms with Crippen LogP contribution in [0, 0.1) is 20.8 Å². The summed E-state index contributed by atoms with van der Waals surface area (Å²) in [4.78, 5) is 0. The third-order valence-corrected chi connectivity index (χ3v) is 4.89. The standard InChI is InChI=1S/C24H22N2/c1-17-16-22(26-13-7-12-25-26)10-11-23(17)24-18(2)14-21(15-19(24)3)20-8-5-4-6-9-20/h4-16H,1-3H3.